The molecule has 4 bridgehead atoms. The highest BCUT2D eigenvalue weighted by atomic mass is 32.2. The van der Waals surface area contributed by atoms with Crippen molar-refractivity contribution in [3.05, 3.63) is 34.4 Å². The van der Waals surface area contributed by atoms with Crippen LogP contribution in [0.2, 0.25) is 0 Å². The van der Waals surface area contributed by atoms with Gasteiger partial charge in [-0.2, -0.15) is 0 Å². The molecule has 2 aliphatic carbocycles. The van der Waals surface area contributed by atoms with Gasteiger partial charge in [-0.25, -0.2) is 9.97 Å². The molecule has 0 saturated carbocycles. The zero-order chi connectivity index (χ0) is 20.9. The molecule has 1 aliphatic heterocycles. The molecule has 0 saturated heterocycles. The van der Waals surface area contributed by atoms with Crippen molar-refractivity contribution in [1.82, 2.24) is 9.97 Å². The largest absolute Gasteiger partial charge is 0.378 e. The van der Waals surface area contributed by atoms with Crippen LogP contribution in [0.5, 0.6) is 0 Å². The fourth-order valence-corrected chi connectivity index (χ4v) is 6.46. The van der Waals surface area contributed by atoms with Crippen LogP contribution >= 0.6 is 23.5 Å². The van der Waals surface area contributed by atoms with Crippen molar-refractivity contribution in [3.8, 4) is 11.4 Å². The molecule has 0 N–H and O–H groups in total. The third-order valence-electron chi connectivity index (χ3n) is 6.04. The number of rotatable bonds is 0. The number of ether oxygens (including phenoxy) is 3. The first-order valence-corrected chi connectivity index (χ1v) is 13.4. The number of pyridine rings is 2. The van der Waals surface area contributed by atoms with E-state index in [0.717, 1.165) is 48.6 Å². The first-order chi connectivity index (χ1) is 15.4. The minimum absolute atomic E-state index is 0.619. The lowest BCUT2D eigenvalue weighted by Crippen LogP contribution is -2.11. The first kappa shape index (κ1) is 21.7. The summed E-state index contributed by atoms with van der Waals surface area (Å²) in [6.45, 7) is 3.92. The van der Waals surface area contributed by atoms with Crippen LogP contribution in [0, 0.1) is 0 Å². The Labute approximate surface area is 193 Å². The van der Waals surface area contributed by atoms with Crippen molar-refractivity contribution in [2.75, 3.05) is 51.1 Å². The molecular weight excluding hydrogens is 428 g/mol. The number of fused-ring (bicyclic) bond motifs is 9. The maximum atomic E-state index is 5.75. The molecule has 0 spiro atoms. The van der Waals surface area contributed by atoms with Crippen LogP contribution in [-0.4, -0.2) is 61.1 Å². The lowest BCUT2D eigenvalue weighted by molar-refractivity contribution is 0.0205. The van der Waals surface area contributed by atoms with Crippen molar-refractivity contribution >= 4 is 23.5 Å². The Hall–Kier alpha value is -1.12. The van der Waals surface area contributed by atoms with Crippen molar-refractivity contribution in [3.63, 3.8) is 0 Å². The van der Waals surface area contributed by atoms with Crippen LogP contribution in [-0.2, 0) is 39.9 Å². The predicted molar refractivity (Wildman–Crippen MR) is 125 cm³/mol. The van der Waals surface area contributed by atoms with E-state index in [2.05, 4.69) is 12.1 Å². The molecule has 5 rings (SSSR count). The molecule has 0 radical (unpaired) electrons. The maximum Gasteiger partial charge on any atom is 0.100 e. The summed E-state index contributed by atoms with van der Waals surface area (Å²) in [5, 5.41) is 2.35. The quantitative estimate of drug-likeness (QED) is 0.581. The first-order valence-electron chi connectivity index (χ1n) is 11.4. The van der Waals surface area contributed by atoms with E-state index < -0.39 is 0 Å². The Balaban J connectivity index is 1.46. The Bertz CT molecular complexity index is 849. The Morgan fingerprint density at radius 1 is 0.581 bits per heavy atom. The number of nitrogens with zero attached hydrogens (tertiary/aromatic N) is 2. The van der Waals surface area contributed by atoms with Crippen molar-refractivity contribution in [2.45, 2.75) is 48.6 Å². The Kier molecular flexibility index (Phi) is 7.47. The van der Waals surface area contributed by atoms with Gasteiger partial charge in [-0.05, 0) is 72.9 Å². The summed E-state index contributed by atoms with van der Waals surface area (Å²) < 4.78 is 17.1. The van der Waals surface area contributed by atoms with Crippen LogP contribution in [0.4, 0.5) is 0 Å². The van der Waals surface area contributed by atoms with Gasteiger partial charge in [-0.1, -0.05) is 0 Å². The molecule has 2 aromatic rings. The second-order valence-corrected chi connectivity index (χ2v) is 10.3. The summed E-state index contributed by atoms with van der Waals surface area (Å²) in [6, 6.07) is 4.59. The van der Waals surface area contributed by atoms with E-state index in [0.29, 0.717) is 39.6 Å². The van der Waals surface area contributed by atoms with E-state index in [1.165, 1.54) is 45.1 Å². The second kappa shape index (κ2) is 10.7. The third-order valence-corrected chi connectivity index (χ3v) is 8.01. The molecule has 3 aliphatic rings. The number of hydrogen-bond donors (Lipinski definition) is 0. The van der Waals surface area contributed by atoms with Gasteiger partial charge >= 0.3 is 0 Å². The summed E-state index contributed by atoms with van der Waals surface area (Å²) in [6.07, 6.45) is 7.02. The van der Waals surface area contributed by atoms with E-state index in [4.69, 9.17) is 24.2 Å². The summed E-state index contributed by atoms with van der Waals surface area (Å²) in [4.78, 5) is 10.2. The predicted octanol–water partition coefficient (Wildman–Crippen LogP) is 4.37. The number of aryl methyl sites for hydroxylation is 2. The van der Waals surface area contributed by atoms with Crippen molar-refractivity contribution < 1.29 is 14.2 Å². The average Bonchev–Trinajstić information content (AvgIpc) is 3.45. The normalized spacial score (nSPS) is 20.4. The molecule has 5 nitrogen and oxygen atoms in total. The SMILES string of the molecule is c1c2nc(c3c1CCC3)SCCOCCOCCOCCSc1nc-2cc2c1CCC2. The van der Waals surface area contributed by atoms with E-state index in [9.17, 15) is 0 Å². The summed E-state index contributed by atoms with van der Waals surface area (Å²) in [5.41, 5.74) is 7.85. The highest BCUT2D eigenvalue weighted by molar-refractivity contribution is 7.99. The molecule has 31 heavy (non-hydrogen) atoms. The highest BCUT2D eigenvalue weighted by Crippen LogP contribution is 2.37. The van der Waals surface area contributed by atoms with Crippen LogP contribution < -0.4 is 0 Å². The summed E-state index contributed by atoms with van der Waals surface area (Å²) in [5.74, 6) is 1.81. The molecule has 0 unspecified atom stereocenters. The minimum Gasteiger partial charge on any atom is -0.378 e. The smallest absolute Gasteiger partial charge is 0.100 e. The molecule has 2 aromatic heterocycles. The fourth-order valence-electron chi connectivity index (χ4n) is 4.53. The molecule has 0 aromatic carbocycles. The standard InChI is InChI=1S/C24H30N2O3S2/c1-3-17-15-21-22-16-18-4-2-6-20(18)24(26-22)31-14-12-29-10-8-27-7-9-28-11-13-30-23(25-21)19(17)5-1/h15-16H,1-14H2. The zero-order valence-electron chi connectivity index (χ0n) is 18.0. The molecule has 0 amide bonds. The van der Waals surface area contributed by atoms with Gasteiger partial charge in [-0.15, -0.1) is 23.5 Å². The van der Waals surface area contributed by atoms with Crippen LogP contribution in [0.1, 0.15) is 35.1 Å². The summed E-state index contributed by atoms with van der Waals surface area (Å²) >= 11 is 3.65. The van der Waals surface area contributed by atoms with Crippen LogP contribution in [0.15, 0.2) is 22.2 Å². The van der Waals surface area contributed by atoms with E-state index >= 15 is 0 Å². The maximum absolute atomic E-state index is 5.75. The van der Waals surface area contributed by atoms with Gasteiger partial charge in [0, 0.05) is 11.5 Å². The summed E-state index contributed by atoms with van der Waals surface area (Å²) in [7, 11) is 0. The fraction of sp³-hybridized carbons (Fsp3) is 0.583. The molecule has 3 heterocycles. The van der Waals surface area contributed by atoms with Crippen LogP contribution in [0.3, 0.4) is 0 Å². The molecule has 0 fully saturated rings. The molecule has 7 heteroatoms. The molecular formula is C24H30N2O3S2. The third kappa shape index (κ3) is 5.28. The molecule has 166 valence electrons. The van der Waals surface area contributed by atoms with Crippen molar-refractivity contribution in [1.29, 1.82) is 0 Å². The highest BCUT2D eigenvalue weighted by Gasteiger charge is 2.22. The topological polar surface area (TPSA) is 53.5 Å². The van der Waals surface area contributed by atoms with Gasteiger partial charge in [0.1, 0.15) is 10.1 Å². The monoisotopic (exact) mass is 458 g/mol. The van der Waals surface area contributed by atoms with Gasteiger partial charge < -0.3 is 14.2 Å². The van der Waals surface area contributed by atoms with Crippen LogP contribution in [0.25, 0.3) is 11.4 Å². The van der Waals surface area contributed by atoms with E-state index in [1.807, 2.05) is 23.5 Å². The number of hydrogen-bond acceptors (Lipinski definition) is 7. The van der Waals surface area contributed by atoms with Gasteiger partial charge in [0.15, 0.2) is 0 Å². The van der Waals surface area contributed by atoms with Gasteiger partial charge in [-0.3, -0.25) is 0 Å². The van der Waals surface area contributed by atoms with Gasteiger partial charge in [0.05, 0.1) is 51.0 Å². The van der Waals surface area contributed by atoms with Gasteiger partial charge in [0.25, 0.3) is 0 Å². The second-order valence-electron chi connectivity index (χ2n) is 8.14. The lowest BCUT2D eigenvalue weighted by Gasteiger charge is -2.13. The van der Waals surface area contributed by atoms with Crippen molar-refractivity contribution in [2.24, 2.45) is 0 Å². The van der Waals surface area contributed by atoms with Gasteiger partial charge in [0.2, 0.25) is 0 Å². The number of thioether (sulfide) groups is 2. The molecule has 0 atom stereocenters. The Morgan fingerprint density at radius 3 is 1.52 bits per heavy atom. The lowest BCUT2D eigenvalue weighted by atomic mass is 10.1. The van der Waals surface area contributed by atoms with E-state index in [1.54, 1.807) is 0 Å². The zero-order valence-corrected chi connectivity index (χ0v) is 19.6. The Morgan fingerprint density at radius 2 is 1.03 bits per heavy atom. The average molecular weight is 459 g/mol. The number of aromatic nitrogens is 2. The minimum atomic E-state index is 0.619. The van der Waals surface area contributed by atoms with E-state index in [-0.39, 0.29) is 0 Å².